The van der Waals surface area contributed by atoms with Crippen molar-refractivity contribution in [3.63, 3.8) is 0 Å². The molecule has 0 aliphatic heterocycles. The summed E-state index contributed by atoms with van der Waals surface area (Å²) in [6.45, 7) is -0.581. The van der Waals surface area contributed by atoms with E-state index in [1.807, 2.05) is 0 Å². The van der Waals surface area contributed by atoms with Crippen LogP contribution in [0.15, 0.2) is 53.2 Å². The molecule has 0 radical (unpaired) electrons. The maximum Gasteiger partial charge on any atom is 0.331 e. The average Bonchev–Trinajstić information content (AvgIpc) is 3.11. The highest BCUT2D eigenvalue weighted by atomic mass is 16.5. The maximum atomic E-state index is 12.0. The smallest absolute Gasteiger partial charge is 0.331 e. The Morgan fingerprint density at radius 1 is 1.17 bits per heavy atom. The number of benzene rings is 1. The van der Waals surface area contributed by atoms with Gasteiger partial charge in [-0.1, -0.05) is 12.1 Å². The predicted molar refractivity (Wildman–Crippen MR) is 84.2 cm³/mol. The van der Waals surface area contributed by atoms with Gasteiger partial charge in [-0.15, -0.1) is 0 Å². The predicted octanol–water partition coefficient (Wildman–Crippen LogP) is 1.80. The van der Waals surface area contributed by atoms with Gasteiger partial charge in [0, 0.05) is 6.08 Å². The van der Waals surface area contributed by atoms with E-state index in [1.165, 1.54) is 25.5 Å². The molecule has 7 nitrogen and oxygen atoms in total. The van der Waals surface area contributed by atoms with Gasteiger partial charge in [0.05, 0.1) is 18.9 Å². The van der Waals surface area contributed by atoms with Gasteiger partial charge in [0.2, 0.25) is 0 Å². The summed E-state index contributed by atoms with van der Waals surface area (Å²) in [6.07, 6.45) is 3.98. The molecule has 2 rings (SSSR count). The van der Waals surface area contributed by atoms with Crippen molar-refractivity contribution in [3.05, 3.63) is 60.1 Å². The molecule has 0 saturated carbocycles. The van der Waals surface area contributed by atoms with Crippen LogP contribution >= 0.6 is 0 Å². The van der Waals surface area contributed by atoms with Crippen molar-refractivity contribution >= 4 is 23.9 Å². The molecule has 124 valence electrons. The van der Waals surface area contributed by atoms with Gasteiger partial charge < -0.3 is 13.9 Å². The van der Waals surface area contributed by atoms with Crippen molar-refractivity contribution in [2.24, 2.45) is 0 Å². The van der Waals surface area contributed by atoms with Crippen LogP contribution < -0.4 is 10.1 Å². The minimum absolute atomic E-state index is 0.206. The first-order valence-electron chi connectivity index (χ1n) is 6.95. The molecule has 1 heterocycles. The number of para-hydroxylation sites is 1. The Kier molecular flexibility index (Phi) is 5.90. The van der Waals surface area contributed by atoms with E-state index in [1.54, 1.807) is 30.3 Å². The molecule has 1 N–H and O–H groups in total. The minimum Gasteiger partial charge on any atom is -0.496 e. The Morgan fingerprint density at radius 2 is 1.96 bits per heavy atom. The zero-order valence-electron chi connectivity index (χ0n) is 12.9. The van der Waals surface area contributed by atoms with Gasteiger partial charge in [-0.3, -0.25) is 14.9 Å². The van der Waals surface area contributed by atoms with Crippen LogP contribution in [0.1, 0.15) is 16.1 Å². The summed E-state index contributed by atoms with van der Waals surface area (Å²) in [5.74, 6) is -1.31. The second kappa shape index (κ2) is 8.33. The van der Waals surface area contributed by atoms with Crippen LogP contribution in [0, 0.1) is 0 Å². The van der Waals surface area contributed by atoms with Gasteiger partial charge in [-0.2, -0.15) is 0 Å². The fourth-order valence-corrected chi connectivity index (χ4v) is 1.78. The molecule has 0 spiro atoms. The first kappa shape index (κ1) is 17.0. The highest BCUT2D eigenvalue weighted by Gasteiger charge is 2.15. The number of imide groups is 1. The normalized spacial score (nSPS) is 10.4. The summed E-state index contributed by atoms with van der Waals surface area (Å²) in [7, 11) is 1.42. The first-order chi connectivity index (χ1) is 11.6. The molecule has 24 heavy (non-hydrogen) atoms. The quantitative estimate of drug-likeness (QED) is 0.641. The van der Waals surface area contributed by atoms with Gasteiger partial charge in [-0.25, -0.2) is 4.79 Å². The number of esters is 1. The van der Waals surface area contributed by atoms with Crippen LogP contribution in [0.4, 0.5) is 0 Å². The van der Waals surface area contributed by atoms with Crippen LogP contribution in [0.5, 0.6) is 5.75 Å². The van der Waals surface area contributed by atoms with E-state index in [0.717, 1.165) is 6.08 Å². The van der Waals surface area contributed by atoms with Crippen LogP contribution in [0.3, 0.4) is 0 Å². The lowest BCUT2D eigenvalue weighted by Crippen LogP contribution is -2.34. The molecule has 7 heteroatoms. The largest absolute Gasteiger partial charge is 0.496 e. The van der Waals surface area contributed by atoms with Crippen molar-refractivity contribution in [2.75, 3.05) is 13.7 Å². The fourth-order valence-electron chi connectivity index (χ4n) is 1.78. The van der Waals surface area contributed by atoms with Gasteiger partial charge in [0.25, 0.3) is 11.8 Å². The van der Waals surface area contributed by atoms with Crippen LogP contribution in [0.25, 0.3) is 6.08 Å². The van der Waals surface area contributed by atoms with Crippen LogP contribution in [0.2, 0.25) is 0 Å². The third-order valence-corrected chi connectivity index (χ3v) is 2.88. The van der Waals surface area contributed by atoms with Gasteiger partial charge in [-0.05, 0) is 30.3 Å². The number of hydrogen-bond acceptors (Lipinski definition) is 6. The summed E-state index contributed by atoms with van der Waals surface area (Å²) >= 11 is 0. The van der Waals surface area contributed by atoms with Crippen molar-refractivity contribution in [1.82, 2.24) is 5.32 Å². The molecule has 0 aliphatic carbocycles. The third kappa shape index (κ3) is 4.84. The van der Waals surface area contributed by atoms with E-state index in [2.05, 4.69) is 5.32 Å². The maximum absolute atomic E-state index is 12.0. The summed E-state index contributed by atoms with van der Waals surface area (Å²) in [4.78, 5) is 35.1. The highest BCUT2D eigenvalue weighted by molar-refractivity contribution is 6.06. The zero-order valence-corrected chi connectivity index (χ0v) is 12.9. The molecule has 0 saturated heterocycles. The summed E-state index contributed by atoms with van der Waals surface area (Å²) < 4.78 is 14.8. The zero-order chi connectivity index (χ0) is 17.4. The van der Waals surface area contributed by atoms with Crippen molar-refractivity contribution in [2.45, 2.75) is 0 Å². The van der Waals surface area contributed by atoms with Crippen molar-refractivity contribution in [3.8, 4) is 5.75 Å². The summed E-state index contributed by atoms with van der Waals surface area (Å²) in [5, 5.41) is 2.12. The number of rotatable bonds is 6. The molecule has 0 atom stereocenters. The monoisotopic (exact) mass is 329 g/mol. The van der Waals surface area contributed by atoms with Crippen molar-refractivity contribution < 1.29 is 28.3 Å². The molecule has 2 aromatic rings. The number of amides is 2. The molecule has 0 unspecified atom stereocenters. The molecule has 2 amide bonds. The Hall–Kier alpha value is -3.35. The number of furan rings is 1. The number of carbonyl (C=O) groups is 3. The van der Waals surface area contributed by atoms with E-state index in [9.17, 15) is 14.4 Å². The fraction of sp³-hybridized carbons (Fsp3) is 0.118. The van der Waals surface area contributed by atoms with E-state index >= 15 is 0 Å². The van der Waals surface area contributed by atoms with E-state index in [-0.39, 0.29) is 5.56 Å². The van der Waals surface area contributed by atoms with Crippen LogP contribution in [-0.2, 0) is 14.3 Å². The number of ether oxygens (including phenoxy) is 2. The summed E-state index contributed by atoms with van der Waals surface area (Å²) in [6, 6.07) is 9.77. The topological polar surface area (TPSA) is 94.8 Å². The van der Waals surface area contributed by atoms with Gasteiger partial charge in [0.1, 0.15) is 11.5 Å². The highest BCUT2D eigenvalue weighted by Crippen LogP contribution is 2.16. The van der Waals surface area contributed by atoms with E-state index in [4.69, 9.17) is 13.9 Å². The van der Waals surface area contributed by atoms with Crippen LogP contribution in [-0.4, -0.2) is 31.5 Å². The standard InChI is InChI=1S/C17H15NO6/c1-22-14-7-3-2-6-13(14)17(21)18-15(19)11-24-16(20)9-8-12-5-4-10-23-12/h2-10H,11H2,1H3,(H,18,19,21)/b9-8+. The lowest BCUT2D eigenvalue weighted by atomic mass is 10.2. The van der Waals surface area contributed by atoms with E-state index in [0.29, 0.717) is 11.5 Å². The molecular weight excluding hydrogens is 314 g/mol. The Bertz CT molecular complexity index is 748. The Labute approximate surface area is 137 Å². The molecule has 0 aliphatic rings. The molecular formula is C17H15NO6. The molecule has 1 aromatic heterocycles. The third-order valence-electron chi connectivity index (χ3n) is 2.88. The van der Waals surface area contributed by atoms with Crippen molar-refractivity contribution in [1.29, 1.82) is 0 Å². The number of hydrogen-bond donors (Lipinski definition) is 1. The SMILES string of the molecule is COc1ccccc1C(=O)NC(=O)COC(=O)/C=C/c1ccco1. The Morgan fingerprint density at radius 3 is 2.67 bits per heavy atom. The average molecular weight is 329 g/mol. The minimum atomic E-state index is -0.745. The molecule has 1 aromatic carbocycles. The molecule has 0 bridgehead atoms. The first-order valence-corrected chi connectivity index (χ1v) is 6.95. The van der Waals surface area contributed by atoms with Gasteiger partial charge in [0.15, 0.2) is 6.61 Å². The number of methoxy groups -OCH3 is 1. The second-order valence-electron chi connectivity index (χ2n) is 4.53. The van der Waals surface area contributed by atoms with E-state index < -0.39 is 24.4 Å². The Balaban J connectivity index is 1.82. The lowest BCUT2D eigenvalue weighted by Gasteiger charge is -2.08. The number of nitrogens with one attached hydrogen (secondary N) is 1. The number of carbonyl (C=O) groups excluding carboxylic acids is 3. The second-order valence-corrected chi connectivity index (χ2v) is 4.53. The lowest BCUT2D eigenvalue weighted by molar-refractivity contribution is -0.143. The van der Waals surface area contributed by atoms with Gasteiger partial charge >= 0.3 is 5.97 Å². The molecule has 0 fully saturated rings. The summed E-state index contributed by atoms with van der Waals surface area (Å²) in [5.41, 5.74) is 0.206.